The van der Waals surface area contributed by atoms with Crippen LogP contribution in [-0.2, 0) is 24.3 Å². The zero-order valence-corrected chi connectivity index (χ0v) is 14.0. The van der Waals surface area contributed by atoms with E-state index in [0.717, 1.165) is 7.11 Å². The fraction of sp³-hybridized carbons (Fsp3) is 0.917. The van der Waals surface area contributed by atoms with Crippen LogP contribution < -0.4 is 0 Å². The van der Waals surface area contributed by atoms with Gasteiger partial charge in [-0.2, -0.15) is 0 Å². The molecule has 0 saturated heterocycles. The Balaban J connectivity index is -0.0000000522. The van der Waals surface area contributed by atoms with Gasteiger partial charge in [0.1, 0.15) is 0 Å². The third-order valence-corrected chi connectivity index (χ3v) is 1.36. The van der Waals surface area contributed by atoms with Crippen LogP contribution in [0.2, 0.25) is 0 Å². The first-order chi connectivity index (χ1) is 8.25. The summed E-state index contributed by atoms with van der Waals surface area (Å²) in [5.74, 6) is 0. The summed E-state index contributed by atoms with van der Waals surface area (Å²) in [4.78, 5) is 7.75. The van der Waals surface area contributed by atoms with E-state index < -0.39 is 0 Å². The van der Waals surface area contributed by atoms with Crippen LogP contribution in [-0.4, -0.2) is 63.8 Å². The standard InChI is InChI=1S/2C5H12O2.CH4O.CHO.Ru/c2*1-4(6)3-5(2)7;2*1-2;/h2*4-7H,3H2,1-2H3;2H,1H3;1H;/q;;;-1;+1. The molecule has 0 aromatic carbocycles. The molecule has 0 aliphatic rings. The zero-order valence-electron chi connectivity index (χ0n) is 12.3. The number of carbonyl (C=O) groups excluding carboxylic acids is 1. The van der Waals surface area contributed by atoms with E-state index in [4.69, 9.17) is 30.3 Å². The summed E-state index contributed by atoms with van der Waals surface area (Å²) in [6.45, 7) is 9.89. The normalized spacial score (nSPS) is 14.4. The van der Waals surface area contributed by atoms with Gasteiger partial charge >= 0.3 is 19.5 Å². The van der Waals surface area contributed by atoms with Crippen molar-refractivity contribution in [1.82, 2.24) is 0 Å². The van der Waals surface area contributed by atoms with E-state index in [-0.39, 0.29) is 43.9 Å². The van der Waals surface area contributed by atoms with Gasteiger partial charge in [0.05, 0.1) is 24.4 Å². The molecular formula is C12H29O6Ru. The second kappa shape index (κ2) is 26.6. The van der Waals surface area contributed by atoms with Gasteiger partial charge in [0.25, 0.3) is 0 Å². The largest absolute Gasteiger partial charge is 1.00 e. The molecular weight excluding hydrogens is 341 g/mol. The molecule has 1 radical (unpaired) electrons. The molecule has 0 rings (SSSR count). The first-order valence-corrected chi connectivity index (χ1v) is 5.66. The molecule has 121 valence electrons. The van der Waals surface area contributed by atoms with Gasteiger partial charge in [-0.15, -0.1) is 0 Å². The Bertz CT molecular complexity index is 105. The molecule has 0 aromatic heterocycles. The minimum Gasteiger partial charge on any atom is -0.545 e. The summed E-state index contributed by atoms with van der Waals surface area (Å²) >= 11 is 0. The first-order valence-electron chi connectivity index (χ1n) is 5.66. The maximum Gasteiger partial charge on any atom is 1.00 e. The summed E-state index contributed by atoms with van der Waals surface area (Å²) in [7, 11) is 1.00. The monoisotopic (exact) mass is 371 g/mol. The van der Waals surface area contributed by atoms with E-state index in [1.54, 1.807) is 27.7 Å². The third kappa shape index (κ3) is 71.5. The van der Waals surface area contributed by atoms with Crippen molar-refractivity contribution in [3.05, 3.63) is 0 Å². The molecule has 7 heteroatoms. The van der Waals surface area contributed by atoms with Crippen LogP contribution in [0.3, 0.4) is 0 Å². The van der Waals surface area contributed by atoms with Crippen molar-refractivity contribution in [2.45, 2.75) is 65.0 Å². The molecule has 0 fully saturated rings. The molecule has 0 saturated carbocycles. The number of aliphatic hydroxyl groups is 5. The molecule has 19 heavy (non-hydrogen) atoms. The van der Waals surface area contributed by atoms with Gasteiger partial charge in [0.15, 0.2) is 0 Å². The van der Waals surface area contributed by atoms with Crippen LogP contribution in [0.4, 0.5) is 0 Å². The van der Waals surface area contributed by atoms with Crippen LogP contribution in [0.25, 0.3) is 0 Å². The molecule has 6 nitrogen and oxygen atoms in total. The minimum absolute atomic E-state index is 0. The number of aliphatic hydroxyl groups excluding tert-OH is 5. The Labute approximate surface area is 129 Å². The average molecular weight is 370 g/mol. The smallest absolute Gasteiger partial charge is 0.545 e. The van der Waals surface area contributed by atoms with Crippen molar-refractivity contribution < 1.29 is 49.8 Å². The second-order valence-corrected chi connectivity index (χ2v) is 3.87. The SMILES string of the molecule is CC(O)CC(C)O.CC(O)CC(C)O.CO.[CH-]=O.[Ru+]. The maximum absolute atomic E-state index is 8.56. The van der Waals surface area contributed by atoms with E-state index >= 15 is 0 Å². The first kappa shape index (κ1) is 31.5. The van der Waals surface area contributed by atoms with Crippen LogP contribution >= 0.6 is 0 Å². The molecule has 0 aliphatic heterocycles. The van der Waals surface area contributed by atoms with Crippen LogP contribution in [0, 0.1) is 0 Å². The fourth-order valence-electron chi connectivity index (χ4n) is 0.987. The van der Waals surface area contributed by atoms with Crippen molar-refractivity contribution in [2.24, 2.45) is 0 Å². The molecule has 0 heterocycles. The van der Waals surface area contributed by atoms with Crippen molar-refractivity contribution in [1.29, 1.82) is 0 Å². The van der Waals surface area contributed by atoms with Crippen molar-refractivity contribution in [3.63, 3.8) is 0 Å². The van der Waals surface area contributed by atoms with Gasteiger partial charge in [0, 0.05) is 7.11 Å². The molecule has 4 unspecified atom stereocenters. The molecule has 0 spiro atoms. The zero-order chi connectivity index (χ0) is 15.7. The summed E-state index contributed by atoms with van der Waals surface area (Å²) in [6, 6.07) is 0. The van der Waals surface area contributed by atoms with Crippen LogP contribution in [0.15, 0.2) is 0 Å². The van der Waals surface area contributed by atoms with Crippen LogP contribution in [0.1, 0.15) is 40.5 Å². The number of rotatable bonds is 4. The Kier molecular flexibility index (Phi) is 44.1. The maximum atomic E-state index is 8.56. The minimum atomic E-state index is -0.375. The van der Waals surface area contributed by atoms with E-state index in [2.05, 4.69) is 6.79 Å². The van der Waals surface area contributed by atoms with Crippen molar-refractivity contribution in [3.8, 4) is 0 Å². The number of hydrogen-bond acceptors (Lipinski definition) is 6. The van der Waals surface area contributed by atoms with Crippen molar-refractivity contribution in [2.75, 3.05) is 7.11 Å². The van der Waals surface area contributed by atoms with E-state index in [1.165, 1.54) is 0 Å². The summed E-state index contributed by atoms with van der Waals surface area (Å²) < 4.78 is 0. The fourth-order valence-corrected chi connectivity index (χ4v) is 0.987. The second-order valence-electron chi connectivity index (χ2n) is 3.87. The number of hydrogen-bond donors (Lipinski definition) is 5. The summed E-state index contributed by atoms with van der Waals surface area (Å²) in [6.07, 6.45) is -0.556. The third-order valence-electron chi connectivity index (χ3n) is 1.36. The van der Waals surface area contributed by atoms with Gasteiger partial charge in [-0.1, -0.05) is 0 Å². The Morgan fingerprint density at radius 2 is 0.789 bits per heavy atom. The molecule has 0 aliphatic carbocycles. The summed E-state index contributed by atoms with van der Waals surface area (Å²) in [5, 5.41) is 41.3. The Morgan fingerprint density at radius 1 is 0.684 bits per heavy atom. The summed E-state index contributed by atoms with van der Waals surface area (Å²) in [5.41, 5.74) is 0. The van der Waals surface area contributed by atoms with E-state index in [0.29, 0.717) is 12.8 Å². The van der Waals surface area contributed by atoms with E-state index in [9.17, 15) is 0 Å². The van der Waals surface area contributed by atoms with Crippen LogP contribution in [0.5, 0.6) is 0 Å². The predicted molar refractivity (Wildman–Crippen MR) is 70.9 cm³/mol. The van der Waals surface area contributed by atoms with Gasteiger partial charge in [-0.25, -0.2) is 0 Å². The topological polar surface area (TPSA) is 118 Å². The molecule has 0 bridgehead atoms. The van der Waals surface area contributed by atoms with Gasteiger partial charge < -0.3 is 30.3 Å². The average Bonchev–Trinajstić information content (AvgIpc) is 2.20. The molecule has 0 aromatic rings. The Hall–Kier alpha value is 0.0934. The predicted octanol–water partition coefficient (Wildman–Crippen LogP) is -0.392. The van der Waals surface area contributed by atoms with E-state index in [1.807, 2.05) is 0 Å². The van der Waals surface area contributed by atoms with Crippen molar-refractivity contribution >= 4 is 6.79 Å². The van der Waals surface area contributed by atoms with Gasteiger partial charge in [0.2, 0.25) is 0 Å². The molecule has 5 N–H and O–H groups in total. The molecule has 4 atom stereocenters. The van der Waals surface area contributed by atoms with Gasteiger partial charge in [-0.3, -0.25) is 6.79 Å². The quantitative estimate of drug-likeness (QED) is 0.261. The van der Waals surface area contributed by atoms with Gasteiger partial charge in [-0.05, 0) is 40.5 Å². The Morgan fingerprint density at radius 3 is 0.789 bits per heavy atom. The molecule has 0 amide bonds.